The molecular formula is C36H29F5N2O. The van der Waals surface area contributed by atoms with Crippen LogP contribution in [0.25, 0.3) is 33.6 Å². The molecule has 0 amide bonds. The van der Waals surface area contributed by atoms with Crippen LogP contribution < -0.4 is 4.74 Å². The zero-order valence-electron chi connectivity index (χ0n) is 24.1. The summed E-state index contributed by atoms with van der Waals surface area (Å²) >= 11 is 0. The first kappa shape index (κ1) is 30.6. The Bertz CT molecular complexity index is 1780. The van der Waals surface area contributed by atoms with Crippen LogP contribution in [-0.4, -0.2) is 9.97 Å². The second-order valence-corrected chi connectivity index (χ2v) is 10.2. The molecule has 0 saturated carbocycles. The van der Waals surface area contributed by atoms with Gasteiger partial charge in [0.25, 0.3) is 0 Å². The average molecular weight is 601 g/mol. The molecule has 0 spiro atoms. The van der Waals surface area contributed by atoms with Gasteiger partial charge >= 0.3 is 6.11 Å². The van der Waals surface area contributed by atoms with Gasteiger partial charge in [-0.05, 0) is 78.8 Å². The molecule has 224 valence electrons. The molecule has 0 radical (unpaired) electrons. The molecule has 0 saturated heterocycles. The maximum atomic E-state index is 15.1. The summed E-state index contributed by atoms with van der Waals surface area (Å²) in [4.78, 5) is 8.62. The number of alkyl halides is 2. The van der Waals surface area contributed by atoms with E-state index in [9.17, 15) is 4.39 Å². The highest BCUT2D eigenvalue weighted by molar-refractivity contribution is 5.69. The molecule has 5 aromatic rings. The molecular weight excluding hydrogens is 571 g/mol. The lowest BCUT2D eigenvalue weighted by Gasteiger charge is -2.20. The maximum Gasteiger partial charge on any atom is 0.429 e. The van der Waals surface area contributed by atoms with Crippen molar-refractivity contribution in [1.29, 1.82) is 0 Å². The van der Waals surface area contributed by atoms with E-state index in [0.29, 0.717) is 17.0 Å². The molecule has 0 N–H and O–H groups in total. The summed E-state index contributed by atoms with van der Waals surface area (Å²) in [6.45, 7) is 3.94. The summed E-state index contributed by atoms with van der Waals surface area (Å²) in [5, 5.41) is 0. The van der Waals surface area contributed by atoms with Crippen LogP contribution in [0.3, 0.4) is 0 Å². The summed E-state index contributed by atoms with van der Waals surface area (Å²) in [5.41, 5.74) is 2.23. The molecule has 0 unspecified atom stereocenters. The van der Waals surface area contributed by atoms with Crippen LogP contribution >= 0.6 is 0 Å². The Morgan fingerprint density at radius 3 is 1.95 bits per heavy atom. The van der Waals surface area contributed by atoms with E-state index in [2.05, 4.69) is 9.97 Å². The summed E-state index contributed by atoms with van der Waals surface area (Å²) in [6.07, 6.45) is 5.71. The van der Waals surface area contributed by atoms with E-state index in [1.54, 1.807) is 30.6 Å². The van der Waals surface area contributed by atoms with Gasteiger partial charge in [0.1, 0.15) is 23.2 Å². The first-order valence-corrected chi connectivity index (χ1v) is 14.2. The Kier molecular flexibility index (Phi) is 9.18. The number of aryl methyl sites for hydroxylation is 2. The largest absolute Gasteiger partial charge is 0.429 e. The Morgan fingerprint density at radius 2 is 1.32 bits per heavy atom. The van der Waals surface area contributed by atoms with Gasteiger partial charge in [0, 0.05) is 35.2 Å². The van der Waals surface area contributed by atoms with Crippen LogP contribution in [0.15, 0.2) is 103 Å². The lowest BCUT2D eigenvalue weighted by Crippen LogP contribution is -2.23. The molecule has 0 aliphatic rings. The monoisotopic (exact) mass is 600 g/mol. The van der Waals surface area contributed by atoms with Gasteiger partial charge in [0.05, 0.1) is 5.56 Å². The molecule has 8 heteroatoms. The Labute approximate surface area is 252 Å². The molecule has 1 aromatic heterocycles. The van der Waals surface area contributed by atoms with Crippen molar-refractivity contribution in [1.82, 2.24) is 9.97 Å². The van der Waals surface area contributed by atoms with Gasteiger partial charge in [0.15, 0.2) is 5.82 Å². The van der Waals surface area contributed by atoms with Crippen molar-refractivity contribution >= 4 is 0 Å². The minimum absolute atomic E-state index is 0.0102. The fraction of sp³-hybridized carbons (Fsp3) is 0.167. The lowest BCUT2D eigenvalue weighted by atomic mass is 10.0. The Morgan fingerprint density at radius 1 is 0.705 bits per heavy atom. The number of rotatable bonds is 10. The van der Waals surface area contributed by atoms with Crippen LogP contribution in [-0.2, 0) is 19.0 Å². The van der Waals surface area contributed by atoms with Crippen LogP contribution in [0.4, 0.5) is 22.0 Å². The average Bonchev–Trinajstić information content (AvgIpc) is 3.01. The fourth-order valence-electron chi connectivity index (χ4n) is 4.77. The summed E-state index contributed by atoms with van der Waals surface area (Å²) in [5.74, 6) is -2.91. The van der Waals surface area contributed by atoms with Gasteiger partial charge in [-0.2, -0.15) is 8.78 Å². The third-order valence-corrected chi connectivity index (χ3v) is 7.22. The zero-order chi connectivity index (χ0) is 31.3. The second-order valence-electron chi connectivity index (χ2n) is 10.2. The highest BCUT2D eigenvalue weighted by atomic mass is 19.3. The predicted molar refractivity (Wildman–Crippen MR) is 162 cm³/mol. The van der Waals surface area contributed by atoms with Gasteiger partial charge in [-0.25, -0.2) is 23.1 Å². The molecule has 3 nitrogen and oxygen atoms in total. The highest BCUT2D eigenvalue weighted by Crippen LogP contribution is 2.37. The number of aromatic nitrogens is 2. The predicted octanol–water partition coefficient (Wildman–Crippen LogP) is 10.1. The summed E-state index contributed by atoms with van der Waals surface area (Å²) < 4.78 is 79.7. The normalized spacial score (nSPS) is 11.7. The van der Waals surface area contributed by atoms with Crippen molar-refractivity contribution in [3.05, 3.63) is 138 Å². The molecule has 5 rings (SSSR count). The highest BCUT2D eigenvalue weighted by Gasteiger charge is 2.38. The van der Waals surface area contributed by atoms with Crippen molar-refractivity contribution in [2.75, 3.05) is 0 Å². The quantitative estimate of drug-likeness (QED) is 0.118. The molecule has 1 heterocycles. The number of allylic oxidation sites excluding steroid dienone is 2. The molecule has 0 atom stereocenters. The molecule has 0 bridgehead atoms. The van der Waals surface area contributed by atoms with Crippen LogP contribution in [0.1, 0.15) is 37.0 Å². The third-order valence-electron chi connectivity index (χ3n) is 7.22. The number of ether oxygens (including phenoxy) is 1. The van der Waals surface area contributed by atoms with Gasteiger partial charge in [-0.3, -0.25) is 0 Å². The van der Waals surface area contributed by atoms with E-state index in [0.717, 1.165) is 48.6 Å². The van der Waals surface area contributed by atoms with Crippen molar-refractivity contribution < 1.29 is 26.7 Å². The number of hydrogen-bond donors (Lipinski definition) is 0. The molecule has 0 aliphatic carbocycles. The van der Waals surface area contributed by atoms with E-state index in [-0.39, 0.29) is 16.7 Å². The number of halogens is 5. The Hall–Kier alpha value is -4.85. The van der Waals surface area contributed by atoms with Crippen molar-refractivity contribution in [2.45, 2.75) is 39.2 Å². The fourth-order valence-corrected chi connectivity index (χ4v) is 4.77. The van der Waals surface area contributed by atoms with E-state index in [1.807, 2.05) is 38.1 Å². The maximum absolute atomic E-state index is 15.1. The molecule has 44 heavy (non-hydrogen) atoms. The second kappa shape index (κ2) is 13.2. The van der Waals surface area contributed by atoms with Crippen molar-refractivity contribution in [2.24, 2.45) is 0 Å². The number of hydrogen-bond acceptors (Lipinski definition) is 3. The molecule has 4 aromatic carbocycles. The molecule has 0 aliphatic heterocycles. The van der Waals surface area contributed by atoms with Crippen molar-refractivity contribution in [3.63, 3.8) is 0 Å². The first-order valence-electron chi connectivity index (χ1n) is 14.2. The number of benzene rings is 4. The topological polar surface area (TPSA) is 35.0 Å². The van der Waals surface area contributed by atoms with Crippen LogP contribution in [0.5, 0.6) is 5.75 Å². The minimum Gasteiger partial charge on any atom is -0.429 e. The van der Waals surface area contributed by atoms with Gasteiger partial charge in [-0.1, -0.05) is 61.5 Å². The van der Waals surface area contributed by atoms with Gasteiger partial charge in [-0.15, -0.1) is 0 Å². The van der Waals surface area contributed by atoms with Crippen LogP contribution in [0.2, 0.25) is 0 Å². The zero-order valence-corrected chi connectivity index (χ0v) is 24.1. The molecule has 0 fully saturated rings. The smallest absolute Gasteiger partial charge is 0.429 e. The lowest BCUT2D eigenvalue weighted by molar-refractivity contribution is -0.187. The standard InChI is InChI=1S/C36H29F5N2O/c1-3-5-6-7-24-21-42-35(43-22-24)27-12-15-30(32(37)19-27)26-13-17-31(34(39)18-26)36(40,41)44-28-14-16-29(33(38)20-28)25-10-8-23(4-2)9-11-25/h3,5,8-22H,4,6-7H2,1-2H3/b5-3+. The van der Waals surface area contributed by atoms with E-state index >= 15 is 17.6 Å². The summed E-state index contributed by atoms with van der Waals surface area (Å²) in [6, 6.07) is 17.6. The van der Waals surface area contributed by atoms with Crippen LogP contribution in [0, 0.1) is 17.5 Å². The van der Waals surface area contributed by atoms with E-state index in [1.165, 1.54) is 30.3 Å². The Balaban J connectivity index is 1.31. The first-order chi connectivity index (χ1) is 21.2. The number of nitrogens with zero attached hydrogens (tertiary/aromatic N) is 2. The van der Waals surface area contributed by atoms with Crippen molar-refractivity contribution in [3.8, 4) is 39.4 Å². The van der Waals surface area contributed by atoms with E-state index in [4.69, 9.17) is 4.74 Å². The van der Waals surface area contributed by atoms with Gasteiger partial charge in [0.2, 0.25) is 0 Å². The SMILES string of the molecule is C/C=C/CCc1cnc(-c2ccc(-c3ccc(C(F)(F)Oc4ccc(-c5ccc(CC)cc5)c(F)c4)c(F)c3)c(F)c2)nc1. The van der Waals surface area contributed by atoms with E-state index < -0.39 is 34.9 Å². The third kappa shape index (κ3) is 6.86. The van der Waals surface area contributed by atoms with Gasteiger partial charge < -0.3 is 4.74 Å². The summed E-state index contributed by atoms with van der Waals surface area (Å²) in [7, 11) is 0. The minimum atomic E-state index is -4.13.